The summed E-state index contributed by atoms with van der Waals surface area (Å²) in [6.45, 7) is 45.2. The van der Waals surface area contributed by atoms with E-state index in [0.29, 0.717) is 23.7 Å². The molecule has 0 bridgehead atoms. The van der Waals surface area contributed by atoms with Crippen molar-refractivity contribution < 1.29 is 0 Å². The number of hydrogen-bond donors (Lipinski definition) is 0. The SMILES string of the molecule is Cc1cc2c(cc1C)C(C)(C)c1cc(-c3ccc(-c4ccc(C)c(C(C)C)c4)cc3C(C)C)c(C)cc1-2.Cc1ccc(-c2ccc(-c3ccc(C)c4ccccc34)c(C(C)C)c2)cc1C(C)C.Cc1ccc(-c2ccc(-c3nc4ccc(-c5ccc6nc(C)c(-c7ccccc7)c(-c7ccccc7)c6c5)cc4c(-c4ccccc4)c3-c3ccccc3)c(C)c2)cc1C. The number of aryl methyl sites for hydroxylation is 10. The first-order valence-corrected chi connectivity index (χ1v) is 45.8. The van der Waals surface area contributed by atoms with Crippen molar-refractivity contribution in [3.8, 4) is 134 Å². The van der Waals surface area contributed by atoms with Gasteiger partial charge in [0.15, 0.2) is 0 Å². The van der Waals surface area contributed by atoms with Gasteiger partial charge in [0.2, 0.25) is 0 Å². The van der Waals surface area contributed by atoms with Gasteiger partial charge in [0.05, 0.1) is 16.7 Å². The standard InChI is InChI=1S/C58H44N2.C37H42.C30H32/c1-37-25-26-45(33-38(37)2)46-27-30-49(39(3)34-46)58-57(44-23-15-8-16-24-44)56(43-21-13-7-14-22-43)51-36-48(29-32-53(51)60-58)47-28-31-52-50(35-47)55(42-19-11-6-12-20-42)54(40(4)59-52)41-17-9-5-10-18-41;1-21(2)30-18-27(12-11-23(30)5)28-13-14-29(31(19-28)22(3)4)32-20-36-34(16-26(32)8)33-15-24(6)25(7)17-35(33)37(36,9)10;1-19(2)29-17-23(13-11-22(29)6)24-14-16-28(30(18-24)20(3)4)27-15-12-21(5)25-9-7-8-10-26(25)27/h5-36H,1-4H3;11-22H,1-10H3;7-20H,1-6H3. The molecule has 0 fully saturated rings. The molecular weight excluding hydrogens is 1530 g/mol. The van der Waals surface area contributed by atoms with Crippen LogP contribution >= 0.6 is 0 Å². The first kappa shape index (κ1) is 85.8. The van der Waals surface area contributed by atoms with E-state index >= 15 is 0 Å². The van der Waals surface area contributed by atoms with Crippen LogP contribution in [-0.4, -0.2) is 9.97 Å². The molecule has 1 aliphatic rings. The van der Waals surface area contributed by atoms with Crippen LogP contribution in [0.3, 0.4) is 0 Å². The van der Waals surface area contributed by atoms with Crippen LogP contribution in [0.4, 0.5) is 0 Å². The van der Waals surface area contributed by atoms with E-state index in [2.05, 4.69) is 466 Å². The number of benzene rings is 16. The summed E-state index contributed by atoms with van der Waals surface area (Å²) in [5.74, 6) is 1.95. The number of pyridine rings is 2. The second kappa shape index (κ2) is 35.6. The molecule has 1 aliphatic carbocycles. The molecule has 2 aromatic heterocycles. The van der Waals surface area contributed by atoms with E-state index in [1.54, 1.807) is 0 Å². The minimum Gasteiger partial charge on any atom is -0.252 e. The smallest absolute Gasteiger partial charge is 0.0796 e. The molecule has 16 aromatic carbocycles. The van der Waals surface area contributed by atoms with Crippen LogP contribution in [0.2, 0.25) is 0 Å². The third-order valence-electron chi connectivity index (χ3n) is 27.2. The molecule has 0 radical (unpaired) electrons. The third-order valence-corrected chi connectivity index (χ3v) is 27.2. The second-order valence-electron chi connectivity index (χ2n) is 37.6. The number of hydrogen-bond acceptors (Lipinski definition) is 2. The number of fused-ring (bicyclic) bond motifs is 6. The van der Waals surface area contributed by atoms with E-state index in [-0.39, 0.29) is 5.41 Å². The van der Waals surface area contributed by atoms with Gasteiger partial charge in [0, 0.05) is 49.7 Å². The summed E-state index contributed by atoms with van der Waals surface area (Å²) in [7, 11) is 0. The maximum Gasteiger partial charge on any atom is 0.0796 e. The van der Waals surface area contributed by atoms with E-state index < -0.39 is 0 Å². The Morgan fingerprint density at radius 2 is 0.528 bits per heavy atom. The summed E-state index contributed by atoms with van der Waals surface area (Å²) in [6.07, 6.45) is 0. The van der Waals surface area contributed by atoms with Crippen LogP contribution in [0.25, 0.3) is 166 Å². The van der Waals surface area contributed by atoms with Crippen molar-refractivity contribution in [2.75, 3.05) is 0 Å². The van der Waals surface area contributed by atoms with Crippen LogP contribution in [0.5, 0.6) is 0 Å². The average molecular weight is 1650 g/mol. The summed E-state index contributed by atoms with van der Waals surface area (Å²) in [5, 5.41) is 4.92. The fraction of sp³-hybridized carbons (Fsp3) is 0.200. The predicted octanol–water partition coefficient (Wildman–Crippen LogP) is 35.5. The van der Waals surface area contributed by atoms with E-state index in [0.717, 1.165) is 77.7 Å². The molecule has 0 N–H and O–H groups in total. The van der Waals surface area contributed by atoms with Gasteiger partial charge in [-0.05, 0) is 318 Å². The maximum atomic E-state index is 5.58. The Morgan fingerprint density at radius 1 is 0.197 bits per heavy atom. The monoisotopic (exact) mass is 1650 g/mol. The molecule has 18 aromatic rings. The lowest BCUT2D eigenvalue weighted by Crippen LogP contribution is -2.15. The van der Waals surface area contributed by atoms with Gasteiger partial charge in [-0.2, -0.15) is 0 Å². The van der Waals surface area contributed by atoms with Gasteiger partial charge < -0.3 is 0 Å². The van der Waals surface area contributed by atoms with Gasteiger partial charge in [0.1, 0.15) is 0 Å². The highest BCUT2D eigenvalue weighted by Gasteiger charge is 2.37. The zero-order valence-corrected chi connectivity index (χ0v) is 77.9. The number of rotatable bonds is 15. The molecule has 0 atom stereocenters. The van der Waals surface area contributed by atoms with Crippen LogP contribution in [0.1, 0.15) is 182 Å². The van der Waals surface area contributed by atoms with Crippen molar-refractivity contribution >= 4 is 32.6 Å². The van der Waals surface area contributed by atoms with E-state index in [9.17, 15) is 0 Å². The lowest BCUT2D eigenvalue weighted by molar-refractivity contribution is 0.659. The summed E-state index contributed by atoms with van der Waals surface area (Å²) in [5.41, 5.74) is 53.2. The molecule has 0 saturated carbocycles. The number of aromatic nitrogens is 2. The van der Waals surface area contributed by atoms with Crippen LogP contribution < -0.4 is 0 Å². The van der Waals surface area contributed by atoms with Gasteiger partial charge in [-0.15, -0.1) is 0 Å². The lowest BCUT2D eigenvalue weighted by atomic mass is 9.79. The van der Waals surface area contributed by atoms with Crippen molar-refractivity contribution in [1.82, 2.24) is 9.97 Å². The molecule has 0 spiro atoms. The fourth-order valence-corrected chi connectivity index (χ4v) is 19.8. The van der Waals surface area contributed by atoms with Crippen LogP contribution in [0, 0.1) is 69.2 Å². The molecule has 0 saturated heterocycles. The molecule has 0 aliphatic heterocycles. The van der Waals surface area contributed by atoms with E-state index in [1.165, 1.54) is 178 Å². The summed E-state index contributed by atoms with van der Waals surface area (Å²) in [4.78, 5) is 10.8. The van der Waals surface area contributed by atoms with Crippen LogP contribution in [0.15, 0.2) is 328 Å². The molecular formula is C125H118N2. The molecule has 628 valence electrons. The molecule has 127 heavy (non-hydrogen) atoms. The predicted molar refractivity (Wildman–Crippen MR) is 549 cm³/mol. The highest BCUT2D eigenvalue weighted by molar-refractivity contribution is 6.10. The zero-order chi connectivity index (χ0) is 89.0. The molecule has 2 heteroatoms. The number of nitrogens with zero attached hydrogens (tertiary/aromatic N) is 2. The highest BCUT2D eigenvalue weighted by atomic mass is 14.7. The zero-order valence-electron chi connectivity index (χ0n) is 77.9. The summed E-state index contributed by atoms with van der Waals surface area (Å²) < 4.78 is 0. The van der Waals surface area contributed by atoms with E-state index in [1.807, 2.05) is 0 Å². The van der Waals surface area contributed by atoms with Gasteiger partial charge >= 0.3 is 0 Å². The minimum absolute atomic E-state index is 0.00133. The lowest BCUT2D eigenvalue weighted by Gasteiger charge is -2.24. The molecule has 19 rings (SSSR count). The minimum atomic E-state index is -0.00133. The van der Waals surface area contributed by atoms with Gasteiger partial charge in [0.25, 0.3) is 0 Å². The molecule has 0 amide bonds. The Morgan fingerprint density at radius 3 is 1.01 bits per heavy atom. The van der Waals surface area contributed by atoms with Gasteiger partial charge in [-0.1, -0.05) is 366 Å². The molecule has 0 unspecified atom stereocenters. The Kier molecular flexibility index (Phi) is 24.0. The Hall–Kier alpha value is -13.4. The fourth-order valence-electron chi connectivity index (χ4n) is 19.8. The maximum absolute atomic E-state index is 5.58. The third kappa shape index (κ3) is 16.8. The molecule has 2 heterocycles. The Labute approximate surface area is 755 Å². The first-order valence-electron chi connectivity index (χ1n) is 45.8. The normalized spacial score (nSPS) is 12.1. The van der Waals surface area contributed by atoms with Crippen molar-refractivity contribution in [2.45, 2.75) is 168 Å². The van der Waals surface area contributed by atoms with Gasteiger partial charge in [-0.3, -0.25) is 4.98 Å². The summed E-state index contributed by atoms with van der Waals surface area (Å²) in [6, 6.07) is 121. The molecule has 2 nitrogen and oxygen atoms in total. The Bertz CT molecular complexity index is 7230. The van der Waals surface area contributed by atoms with Gasteiger partial charge in [-0.25, -0.2) is 4.98 Å². The summed E-state index contributed by atoms with van der Waals surface area (Å²) >= 11 is 0. The first-order chi connectivity index (χ1) is 61.2. The van der Waals surface area contributed by atoms with E-state index in [4.69, 9.17) is 9.97 Å². The highest BCUT2D eigenvalue weighted by Crippen LogP contribution is 2.53. The van der Waals surface area contributed by atoms with Crippen LogP contribution in [-0.2, 0) is 5.41 Å². The van der Waals surface area contributed by atoms with Crippen molar-refractivity contribution in [2.24, 2.45) is 0 Å². The van der Waals surface area contributed by atoms with Crippen molar-refractivity contribution in [1.29, 1.82) is 0 Å². The topological polar surface area (TPSA) is 25.8 Å². The Balaban J connectivity index is 0.000000145. The van der Waals surface area contributed by atoms with Crippen molar-refractivity contribution in [3.63, 3.8) is 0 Å². The second-order valence-corrected chi connectivity index (χ2v) is 37.6. The quantitative estimate of drug-likeness (QED) is 0.102. The average Bonchev–Trinajstić information content (AvgIpc) is 1.58. The largest absolute Gasteiger partial charge is 0.252 e. The van der Waals surface area contributed by atoms with Crippen molar-refractivity contribution in [3.05, 3.63) is 417 Å².